The first-order valence-electron chi connectivity index (χ1n) is 4.03. The fourth-order valence-corrected chi connectivity index (χ4v) is 1.56. The second-order valence-electron chi connectivity index (χ2n) is 4.04. The maximum absolute atomic E-state index is 6.03. The van der Waals surface area contributed by atoms with Gasteiger partial charge in [0, 0.05) is 11.1 Å². The fraction of sp³-hybridized carbons (Fsp3) is 1.00. The molecule has 60 valence electrons. The Bertz CT molecular complexity index is 111. The Labute approximate surface area is 63.0 Å². The molecule has 0 heterocycles. The Hall–Kier alpha value is -0.0800. The van der Waals surface area contributed by atoms with Crippen molar-refractivity contribution >= 4 is 0 Å². The first-order chi connectivity index (χ1) is 4.46. The molecular formula is C8H18N2. The Morgan fingerprint density at radius 3 is 1.40 bits per heavy atom. The van der Waals surface area contributed by atoms with Crippen LogP contribution in [0, 0.1) is 0 Å². The second kappa shape index (κ2) is 2.21. The van der Waals surface area contributed by atoms with Crippen LogP contribution in [0.25, 0.3) is 0 Å². The van der Waals surface area contributed by atoms with Crippen LogP contribution in [0.2, 0.25) is 0 Å². The van der Waals surface area contributed by atoms with Crippen molar-refractivity contribution in [2.75, 3.05) is 0 Å². The van der Waals surface area contributed by atoms with Crippen LogP contribution < -0.4 is 11.5 Å². The molecule has 4 N–H and O–H groups in total. The Kier molecular flexibility index (Phi) is 1.77. The van der Waals surface area contributed by atoms with Crippen LogP contribution in [-0.2, 0) is 0 Å². The van der Waals surface area contributed by atoms with E-state index >= 15 is 0 Å². The highest BCUT2D eigenvalue weighted by molar-refractivity contribution is 5.03. The molecule has 0 bridgehead atoms. The van der Waals surface area contributed by atoms with Gasteiger partial charge in [-0.25, -0.2) is 0 Å². The average molecular weight is 142 g/mol. The molecule has 0 spiro atoms. The minimum Gasteiger partial charge on any atom is -0.324 e. The smallest absolute Gasteiger partial charge is 0.0305 e. The van der Waals surface area contributed by atoms with Crippen molar-refractivity contribution in [1.29, 1.82) is 0 Å². The van der Waals surface area contributed by atoms with Crippen LogP contribution in [0.15, 0.2) is 0 Å². The number of rotatable bonds is 0. The third kappa shape index (κ3) is 1.18. The summed E-state index contributed by atoms with van der Waals surface area (Å²) in [5.41, 5.74) is 11.8. The molecule has 2 atom stereocenters. The molecule has 0 aromatic heterocycles. The summed E-state index contributed by atoms with van der Waals surface area (Å²) in [5.74, 6) is 0. The molecule has 1 aliphatic rings. The average Bonchev–Trinajstić information content (AvgIpc) is 1.77. The summed E-state index contributed by atoms with van der Waals surface area (Å²) in [6.45, 7) is 4.12. The largest absolute Gasteiger partial charge is 0.324 e. The highest BCUT2D eigenvalue weighted by Gasteiger charge is 2.39. The normalized spacial score (nSPS) is 49.2. The van der Waals surface area contributed by atoms with Gasteiger partial charge >= 0.3 is 0 Å². The zero-order valence-electron chi connectivity index (χ0n) is 6.98. The molecule has 0 aromatic carbocycles. The summed E-state index contributed by atoms with van der Waals surface area (Å²) >= 11 is 0. The summed E-state index contributed by atoms with van der Waals surface area (Å²) < 4.78 is 0. The van der Waals surface area contributed by atoms with Gasteiger partial charge in [0.1, 0.15) is 0 Å². The van der Waals surface area contributed by atoms with Gasteiger partial charge in [0.15, 0.2) is 0 Å². The van der Waals surface area contributed by atoms with Crippen LogP contribution >= 0.6 is 0 Å². The van der Waals surface area contributed by atoms with Crippen molar-refractivity contribution in [3.8, 4) is 0 Å². The lowest BCUT2D eigenvalue weighted by molar-refractivity contribution is 0.182. The lowest BCUT2D eigenvalue weighted by Gasteiger charge is -2.45. The van der Waals surface area contributed by atoms with Crippen molar-refractivity contribution in [2.24, 2.45) is 11.5 Å². The highest BCUT2D eigenvalue weighted by atomic mass is 14.9. The summed E-state index contributed by atoms with van der Waals surface area (Å²) in [6.07, 6.45) is 4.61. The van der Waals surface area contributed by atoms with E-state index in [2.05, 4.69) is 13.8 Å². The van der Waals surface area contributed by atoms with E-state index in [9.17, 15) is 0 Å². The molecule has 2 heteroatoms. The minimum atomic E-state index is -0.148. The third-order valence-electron chi connectivity index (χ3n) is 2.95. The van der Waals surface area contributed by atoms with Gasteiger partial charge in [0.25, 0.3) is 0 Å². The molecule has 2 nitrogen and oxygen atoms in total. The monoisotopic (exact) mass is 142 g/mol. The molecule has 2 unspecified atom stereocenters. The Balaban J connectivity index is 2.70. The standard InChI is InChI=1S/C8H18N2/c1-7(9)5-3-4-6-8(7,2)10/h3-6,9-10H2,1-2H3. The van der Waals surface area contributed by atoms with Crippen LogP contribution in [0.5, 0.6) is 0 Å². The zero-order valence-corrected chi connectivity index (χ0v) is 6.98. The molecule has 0 aliphatic heterocycles. The molecule has 0 amide bonds. The van der Waals surface area contributed by atoms with Gasteiger partial charge in [0.2, 0.25) is 0 Å². The van der Waals surface area contributed by atoms with Crippen LogP contribution in [0.3, 0.4) is 0 Å². The molecular weight excluding hydrogens is 124 g/mol. The van der Waals surface area contributed by atoms with Crippen molar-refractivity contribution in [3.63, 3.8) is 0 Å². The van der Waals surface area contributed by atoms with E-state index in [0.29, 0.717) is 0 Å². The lowest BCUT2D eigenvalue weighted by Crippen LogP contribution is -2.63. The van der Waals surface area contributed by atoms with Crippen molar-refractivity contribution in [1.82, 2.24) is 0 Å². The van der Waals surface area contributed by atoms with Gasteiger partial charge in [-0.2, -0.15) is 0 Å². The second-order valence-corrected chi connectivity index (χ2v) is 4.04. The molecule has 1 saturated carbocycles. The fourth-order valence-electron chi connectivity index (χ4n) is 1.56. The molecule has 0 radical (unpaired) electrons. The molecule has 1 aliphatic carbocycles. The lowest BCUT2D eigenvalue weighted by atomic mass is 9.70. The summed E-state index contributed by atoms with van der Waals surface area (Å²) in [4.78, 5) is 0. The van der Waals surface area contributed by atoms with Gasteiger partial charge in [-0.3, -0.25) is 0 Å². The molecule has 0 aromatic rings. The molecule has 10 heavy (non-hydrogen) atoms. The van der Waals surface area contributed by atoms with Gasteiger partial charge < -0.3 is 11.5 Å². The van der Waals surface area contributed by atoms with E-state index in [0.717, 1.165) is 12.8 Å². The van der Waals surface area contributed by atoms with E-state index in [1.165, 1.54) is 12.8 Å². The topological polar surface area (TPSA) is 52.0 Å². The van der Waals surface area contributed by atoms with Crippen LogP contribution in [0.1, 0.15) is 39.5 Å². The predicted octanol–water partition coefficient (Wildman–Crippen LogP) is 0.995. The van der Waals surface area contributed by atoms with E-state index < -0.39 is 0 Å². The number of nitrogens with two attached hydrogens (primary N) is 2. The zero-order chi connectivity index (χ0) is 7.83. The summed E-state index contributed by atoms with van der Waals surface area (Å²) in [7, 11) is 0. The van der Waals surface area contributed by atoms with Crippen molar-refractivity contribution < 1.29 is 0 Å². The minimum absolute atomic E-state index is 0.148. The third-order valence-corrected chi connectivity index (χ3v) is 2.95. The van der Waals surface area contributed by atoms with Gasteiger partial charge in [0.05, 0.1) is 0 Å². The highest BCUT2D eigenvalue weighted by Crippen LogP contribution is 2.32. The first kappa shape index (κ1) is 8.02. The van der Waals surface area contributed by atoms with Crippen LogP contribution in [0.4, 0.5) is 0 Å². The summed E-state index contributed by atoms with van der Waals surface area (Å²) in [6, 6.07) is 0. The van der Waals surface area contributed by atoms with Gasteiger partial charge in [-0.15, -0.1) is 0 Å². The predicted molar refractivity (Wildman–Crippen MR) is 43.7 cm³/mol. The first-order valence-corrected chi connectivity index (χ1v) is 4.03. The van der Waals surface area contributed by atoms with E-state index in [-0.39, 0.29) is 11.1 Å². The number of hydrogen-bond donors (Lipinski definition) is 2. The SMILES string of the molecule is CC1(N)CCCCC1(C)N. The molecule has 0 saturated heterocycles. The Morgan fingerprint density at radius 2 is 1.20 bits per heavy atom. The quantitative estimate of drug-likeness (QED) is 0.530. The van der Waals surface area contributed by atoms with E-state index in [4.69, 9.17) is 11.5 Å². The Morgan fingerprint density at radius 1 is 0.900 bits per heavy atom. The number of hydrogen-bond acceptors (Lipinski definition) is 2. The maximum atomic E-state index is 6.03. The maximum Gasteiger partial charge on any atom is 0.0305 e. The molecule has 1 rings (SSSR count). The van der Waals surface area contributed by atoms with Crippen molar-refractivity contribution in [2.45, 2.75) is 50.6 Å². The van der Waals surface area contributed by atoms with Crippen molar-refractivity contribution in [3.05, 3.63) is 0 Å². The molecule has 1 fully saturated rings. The van der Waals surface area contributed by atoms with E-state index in [1.54, 1.807) is 0 Å². The van der Waals surface area contributed by atoms with Crippen LogP contribution in [-0.4, -0.2) is 11.1 Å². The van der Waals surface area contributed by atoms with Gasteiger partial charge in [-0.05, 0) is 26.7 Å². The van der Waals surface area contributed by atoms with E-state index in [1.807, 2.05) is 0 Å². The summed E-state index contributed by atoms with van der Waals surface area (Å²) in [5, 5.41) is 0. The van der Waals surface area contributed by atoms with Gasteiger partial charge in [-0.1, -0.05) is 12.8 Å².